The molecule has 0 saturated carbocycles. The molecule has 2 nitrogen and oxygen atoms in total. The molecule has 1 aliphatic heterocycles. The van der Waals surface area contributed by atoms with Gasteiger partial charge in [0.05, 0.1) is 0 Å². The van der Waals surface area contributed by atoms with Gasteiger partial charge >= 0.3 is 5.97 Å². The van der Waals surface area contributed by atoms with E-state index in [9.17, 15) is 4.79 Å². The van der Waals surface area contributed by atoms with E-state index < -0.39 is 0 Å². The average molecular weight is 338 g/mol. The van der Waals surface area contributed by atoms with Crippen LogP contribution >= 0.6 is 0 Å². The second-order valence-corrected chi connectivity index (χ2v) is 6.57. The van der Waals surface area contributed by atoms with Crippen molar-refractivity contribution in [1.29, 1.82) is 0 Å². The number of hydrogen-bond donors (Lipinski definition) is 0. The van der Waals surface area contributed by atoms with E-state index in [1.54, 1.807) is 0 Å². The molecule has 2 heteroatoms. The van der Waals surface area contributed by atoms with E-state index in [4.69, 9.17) is 4.74 Å². The van der Waals surface area contributed by atoms with Crippen LogP contribution in [0.1, 0.15) is 75.8 Å². The molecule has 0 aliphatic carbocycles. The molecule has 0 spiro atoms. The summed E-state index contributed by atoms with van der Waals surface area (Å²) in [5.74, 6) is 0.228. The van der Waals surface area contributed by atoms with Crippen LogP contribution in [0, 0.1) is 0 Å². The zero-order chi connectivity index (χ0) is 17.9. The molecule has 0 radical (unpaired) electrons. The Kier molecular flexibility index (Phi) is 8.24. The van der Waals surface area contributed by atoms with Gasteiger partial charge in [-0.2, -0.15) is 0 Å². The molecular weight excluding hydrogens is 308 g/mol. The number of esters is 1. The first kappa shape index (κ1) is 19.2. The van der Waals surface area contributed by atoms with Crippen LogP contribution < -0.4 is 4.74 Å². The van der Waals surface area contributed by atoms with Crippen molar-refractivity contribution in [3.05, 3.63) is 65.7 Å². The lowest BCUT2D eigenvalue weighted by Gasteiger charge is -2.06. The van der Waals surface area contributed by atoms with Gasteiger partial charge in [0.1, 0.15) is 11.7 Å². The van der Waals surface area contributed by atoms with Crippen molar-refractivity contribution in [3.63, 3.8) is 0 Å². The molecular formula is C23H30O2. The van der Waals surface area contributed by atoms with E-state index in [2.05, 4.69) is 13.8 Å². The number of fused-ring (bicyclic) bond motifs is 1. The van der Waals surface area contributed by atoms with Crippen LogP contribution in [-0.4, -0.2) is 5.97 Å². The second-order valence-electron chi connectivity index (χ2n) is 6.57. The van der Waals surface area contributed by atoms with E-state index in [1.807, 2.05) is 54.6 Å². The van der Waals surface area contributed by atoms with Crippen LogP contribution in [0.15, 0.2) is 54.6 Å². The van der Waals surface area contributed by atoms with E-state index in [0.717, 1.165) is 11.1 Å². The lowest BCUT2D eigenvalue weighted by Crippen LogP contribution is -2.11. The molecule has 0 amide bonds. The first-order valence-corrected chi connectivity index (χ1v) is 9.63. The normalized spacial score (nSPS) is 15.1. The number of carbonyl (C=O) groups excluding carboxylic acids is 1. The summed E-state index contributed by atoms with van der Waals surface area (Å²) >= 11 is 0. The predicted octanol–water partition coefficient (Wildman–Crippen LogP) is 6.49. The molecule has 1 heterocycles. The summed E-state index contributed by atoms with van der Waals surface area (Å²) in [7, 11) is 0. The van der Waals surface area contributed by atoms with Crippen molar-refractivity contribution in [1.82, 2.24) is 0 Å². The molecule has 25 heavy (non-hydrogen) atoms. The Labute approximate surface area is 152 Å². The first-order valence-electron chi connectivity index (χ1n) is 9.63. The number of benzene rings is 2. The number of hydrogen-bond acceptors (Lipinski definition) is 2. The molecule has 2 aromatic carbocycles. The summed E-state index contributed by atoms with van der Waals surface area (Å²) in [6, 6.07) is 17.3. The predicted molar refractivity (Wildman–Crippen MR) is 104 cm³/mol. The van der Waals surface area contributed by atoms with Crippen molar-refractivity contribution in [2.45, 2.75) is 64.7 Å². The Bertz CT molecular complexity index is 628. The lowest BCUT2D eigenvalue weighted by molar-refractivity contribution is -0.133. The molecule has 1 unspecified atom stereocenters. The number of rotatable bonds is 7. The van der Waals surface area contributed by atoms with Crippen molar-refractivity contribution in [3.8, 4) is 5.75 Å². The molecule has 1 atom stereocenters. The number of ether oxygens (including phenoxy) is 1. The molecule has 0 bridgehead atoms. The number of unbranched alkanes of at least 4 members (excludes halogenated alkanes) is 6. The lowest BCUT2D eigenvalue weighted by atomic mass is 9.93. The smallest absolute Gasteiger partial charge is 0.323 e. The highest BCUT2D eigenvalue weighted by Gasteiger charge is 2.33. The van der Waals surface area contributed by atoms with Gasteiger partial charge < -0.3 is 4.74 Å². The number of para-hydroxylation sites is 1. The average Bonchev–Trinajstić information content (AvgIpc) is 2.99. The van der Waals surface area contributed by atoms with Gasteiger partial charge in [-0.25, -0.2) is 0 Å². The molecule has 3 rings (SSSR count). The molecule has 0 aromatic heterocycles. The minimum atomic E-state index is -0.266. The van der Waals surface area contributed by atoms with E-state index in [0.29, 0.717) is 5.75 Å². The van der Waals surface area contributed by atoms with Gasteiger partial charge in [0, 0.05) is 5.56 Å². The summed E-state index contributed by atoms with van der Waals surface area (Å²) in [6.07, 6.45) is 9.97. The van der Waals surface area contributed by atoms with Gasteiger partial charge in [0.25, 0.3) is 0 Å². The quantitative estimate of drug-likeness (QED) is 0.327. The van der Waals surface area contributed by atoms with Crippen molar-refractivity contribution in [2.75, 3.05) is 0 Å². The highest BCUT2D eigenvalue weighted by atomic mass is 16.5. The third-order valence-corrected chi connectivity index (χ3v) is 4.52. The maximum atomic E-state index is 11.8. The summed E-state index contributed by atoms with van der Waals surface area (Å²) in [4.78, 5) is 11.8. The van der Waals surface area contributed by atoms with Crippen LogP contribution in [0.25, 0.3) is 0 Å². The van der Waals surface area contributed by atoms with Crippen LogP contribution in [0.5, 0.6) is 5.75 Å². The molecule has 2 aromatic rings. The van der Waals surface area contributed by atoms with Gasteiger partial charge in [-0.15, -0.1) is 0 Å². The largest absolute Gasteiger partial charge is 0.425 e. The summed E-state index contributed by atoms with van der Waals surface area (Å²) in [5, 5.41) is 0. The highest BCUT2D eigenvalue weighted by molar-refractivity contribution is 5.89. The maximum Gasteiger partial charge on any atom is 0.323 e. The van der Waals surface area contributed by atoms with Crippen LogP contribution in [0.3, 0.4) is 0 Å². The molecule has 1 aliphatic rings. The monoisotopic (exact) mass is 338 g/mol. The molecule has 0 fully saturated rings. The van der Waals surface area contributed by atoms with E-state index in [-0.39, 0.29) is 11.9 Å². The third kappa shape index (κ3) is 5.74. The van der Waals surface area contributed by atoms with Crippen molar-refractivity contribution < 1.29 is 9.53 Å². The zero-order valence-electron chi connectivity index (χ0n) is 15.5. The second kappa shape index (κ2) is 10.7. The fourth-order valence-corrected chi connectivity index (χ4v) is 3.10. The Balaban J connectivity index is 0.000000217. The standard InChI is InChI=1S/C14H10O2.C9H20/c15-14-13(10-6-2-1-3-7-10)11-8-4-5-9-12(11)16-14;1-3-5-7-9-8-6-4-2/h1-9,13H;3-9H2,1-2H3. The van der Waals surface area contributed by atoms with Gasteiger partial charge in [0.2, 0.25) is 0 Å². The van der Waals surface area contributed by atoms with Gasteiger partial charge in [-0.1, -0.05) is 107 Å². The van der Waals surface area contributed by atoms with E-state index >= 15 is 0 Å². The Morgan fingerprint density at radius 1 is 0.760 bits per heavy atom. The van der Waals surface area contributed by atoms with Crippen LogP contribution in [0.2, 0.25) is 0 Å². The Morgan fingerprint density at radius 3 is 1.96 bits per heavy atom. The fourth-order valence-electron chi connectivity index (χ4n) is 3.10. The SMILES string of the molecule is CCCCCCCCC.O=C1Oc2ccccc2C1c1ccccc1. The Morgan fingerprint density at radius 2 is 1.32 bits per heavy atom. The minimum absolute atomic E-state index is 0.188. The molecule has 0 saturated heterocycles. The van der Waals surface area contributed by atoms with Gasteiger partial charge in [-0.05, 0) is 11.6 Å². The maximum absolute atomic E-state index is 11.8. The highest BCUT2D eigenvalue weighted by Crippen LogP contribution is 2.38. The number of carbonyl (C=O) groups is 1. The zero-order valence-corrected chi connectivity index (χ0v) is 15.5. The first-order chi connectivity index (χ1) is 12.3. The molecule has 0 N–H and O–H groups in total. The third-order valence-electron chi connectivity index (χ3n) is 4.52. The Hall–Kier alpha value is -2.09. The van der Waals surface area contributed by atoms with E-state index in [1.165, 1.54) is 44.9 Å². The summed E-state index contributed by atoms with van der Waals surface area (Å²) in [6.45, 7) is 4.53. The van der Waals surface area contributed by atoms with Gasteiger partial charge in [0.15, 0.2) is 0 Å². The molecule has 134 valence electrons. The summed E-state index contributed by atoms with van der Waals surface area (Å²) in [5.41, 5.74) is 1.94. The van der Waals surface area contributed by atoms with Crippen molar-refractivity contribution in [2.24, 2.45) is 0 Å². The van der Waals surface area contributed by atoms with Crippen molar-refractivity contribution >= 4 is 5.97 Å². The summed E-state index contributed by atoms with van der Waals surface area (Å²) < 4.78 is 5.23. The fraction of sp³-hybridized carbons (Fsp3) is 0.435. The van der Waals surface area contributed by atoms with Crippen LogP contribution in [0.4, 0.5) is 0 Å². The minimum Gasteiger partial charge on any atom is -0.425 e. The van der Waals surface area contributed by atoms with Crippen LogP contribution in [-0.2, 0) is 4.79 Å². The van der Waals surface area contributed by atoms with Gasteiger partial charge in [-0.3, -0.25) is 4.79 Å². The topological polar surface area (TPSA) is 26.3 Å².